The maximum Gasteiger partial charge on any atom is 0.202 e. The summed E-state index contributed by atoms with van der Waals surface area (Å²) in [5.41, 5.74) is 0.188. The first-order chi connectivity index (χ1) is 8.09. The average Bonchev–Trinajstić information content (AvgIpc) is 2.97. The molecule has 2 rings (SSSR count). The summed E-state index contributed by atoms with van der Waals surface area (Å²) in [6, 6.07) is 0. The van der Waals surface area contributed by atoms with Crippen LogP contribution in [0.5, 0.6) is 0 Å². The Morgan fingerprint density at radius 2 is 2.12 bits per heavy atom. The smallest absolute Gasteiger partial charge is 0.202 e. The van der Waals surface area contributed by atoms with Gasteiger partial charge in [0.2, 0.25) is 5.78 Å². The third-order valence-corrected chi connectivity index (χ3v) is 3.93. The molecule has 94 valence electrons. The van der Waals surface area contributed by atoms with Gasteiger partial charge < -0.3 is 0 Å². The van der Waals surface area contributed by atoms with Crippen LogP contribution in [0, 0.1) is 0 Å². The zero-order valence-corrected chi connectivity index (χ0v) is 10.8. The van der Waals surface area contributed by atoms with Gasteiger partial charge in [0.15, 0.2) is 0 Å². The van der Waals surface area contributed by atoms with Crippen LogP contribution in [0.1, 0.15) is 43.6 Å². The highest BCUT2D eigenvalue weighted by molar-refractivity contribution is 6.01. The van der Waals surface area contributed by atoms with E-state index in [0.717, 1.165) is 19.5 Å². The first-order valence-corrected chi connectivity index (χ1v) is 6.24. The molecule has 1 aliphatic rings. The van der Waals surface area contributed by atoms with Crippen molar-refractivity contribution >= 4 is 5.78 Å². The Bertz CT molecular complexity index is 408. The standard InChI is InChI=1S/C12H20N4O/c1-4-12(2,16-7-5-6-8-16)11(17)10-9-13-14-15(10)3/h9H,4-8H2,1-3H3. The van der Waals surface area contributed by atoms with Crippen LogP contribution in [0.3, 0.4) is 0 Å². The minimum atomic E-state index is -0.411. The second-order valence-electron chi connectivity index (χ2n) is 4.89. The Morgan fingerprint density at radius 1 is 1.47 bits per heavy atom. The normalized spacial score (nSPS) is 20.4. The Hall–Kier alpha value is -1.23. The van der Waals surface area contributed by atoms with Crippen LogP contribution < -0.4 is 0 Å². The van der Waals surface area contributed by atoms with Crippen LogP contribution in [0.15, 0.2) is 6.20 Å². The molecule has 1 aromatic heterocycles. The number of carbonyl (C=O) groups excluding carboxylic acids is 1. The van der Waals surface area contributed by atoms with Crippen molar-refractivity contribution in [2.45, 2.75) is 38.6 Å². The van der Waals surface area contributed by atoms with Gasteiger partial charge in [-0.25, -0.2) is 4.68 Å². The van der Waals surface area contributed by atoms with E-state index < -0.39 is 5.54 Å². The van der Waals surface area contributed by atoms with Gasteiger partial charge in [-0.05, 0) is 39.3 Å². The monoisotopic (exact) mass is 236 g/mol. The Labute approximate surface area is 102 Å². The summed E-state index contributed by atoms with van der Waals surface area (Å²) in [7, 11) is 1.76. The number of aromatic nitrogens is 3. The summed E-state index contributed by atoms with van der Waals surface area (Å²) < 4.78 is 1.56. The van der Waals surface area contributed by atoms with Gasteiger partial charge >= 0.3 is 0 Å². The molecule has 1 unspecified atom stereocenters. The molecule has 0 radical (unpaired) electrons. The molecule has 2 heterocycles. The van der Waals surface area contributed by atoms with E-state index in [0.29, 0.717) is 5.69 Å². The third-order valence-electron chi connectivity index (χ3n) is 3.93. The SMILES string of the molecule is CCC(C)(C(=O)c1cnnn1C)N1CCCC1. The van der Waals surface area contributed by atoms with Crippen molar-refractivity contribution in [3.05, 3.63) is 11.9 Å². The molecule has 1 aromatic rings. The highest BCUT2D eigenvalue weighted by atomic mass is 16.1. The summed E-state index contributed by atoms with van der Waals surface area (Å²) in [6.07, 6.45) is 4.75. The van der Waals surface area contributed by atoms with Crippen LogP contribution in [0.2, 0.25) is 0 Å². The lowest BCUT2D eigenvalue weighted by Gasteiger charge is -2.36. The number of rotatable bonds is 4. The zero-order chi connectivity index (χ0) is 12.5. The molecule has 0 aliphatic carbocycles. The van der Waals surface area contributed by atoms with E-state index >= 15 is 0 Å². The topological polar surface area (TPSA) is 51.0 Å². The molecule has 0 bridgehead atoms. The van der Waals surface area contributed by atoms with E-state index in [2.05, 4.69) is 22.1 Å². The Morgan fingerprint density at radius 3 is 2.59 bits per heavy atom. The zero-order valence-electron chi connectivity index (χ0n) is 10.8. The lowest BCUT2D eigenvalue weighted by molar-refractivity contribution is 0.0637. The van der Waals surface area contributed by atoms with Gasteiger partial charge in [0.1, 0.15) is 5.69 Å². The Balaban J connectivity index is 2.28. The van der Waals surface area contributed by atoms with Crippen molar-refractivity contribution in [3.63, 3.8) is 0 Å². The highest BCUT2D eigenvalue weighted by Gasteiger charge is 2.40. The average molecular weight is 236 g/mol. The summed E-state index contributed by atoms with van der Waals surface area (Å²) in [6.45, 7) is 6.14. The van der Waals surface area contributed by atoms with E-state index in [1.54, 1.807) is 17.9 Å². The fraction of sp³-hybridized carbons (Fsp3) is 0.750. The number of Topliss-reactive ketones (excluding diaryl/α,β-unsaturated/α-hetero) is 1. The molecule has 0 amide bonds. The molecule has 0 N–H and O–H groups in total. The van der Waals surface area contributed by atoms with Gasteiger partial charge in [-0.15, -0.1) is 5.10 Å². The van der Waals surface area contributed by atoms with Gasteiger partial charge in [-0.2, -0.15) is 0 Å². The summed E-state index contributed by atoms with van der Waals surface area (Å²) in [5.74, 6) is 0.134. The predicted octanol–water partition coefficient (Wildman–Crippen LogP) is 1.26. The maximum atomic E-state index is 12.6. The first kappa shape index (κ1) is 12.2. The minimum absolute atomic E-state index is 0.134. The second kappa shape index (κ2) is 4.56. The van der Waals surface area contributed by atoms with Crippen molar-refractivity contribution in [3.8, 4) is 0 Å². The first-order valence-electron chi connectivity index (χ1n) is 6.24. The summed E-state index contributed by atoms with van der Waals surface area (Å²) in [4.78, 5) is 14.9. The molecule has 1 saturated heterocycles. The molecular formula is C12H20N4O. The van der Waals surface area contributed by atoms with Crippen LogP contribution >= 0.6 is 0 Å². The van der Waals surface area contributed by atoms with Crippen LogP contribution in [-0.2, 0) is 7.05 Å². The number of ketones is 1. The fourth-order valence-corrected chi connectivity index (χ4v) is 2.51. The number of hydrogen-bond donors (Lipinski definition) is 0. The molecule has 1 aliphatic heterocycles. The lowest BCUT2D eigenvalue weighted by atomic mass is 9.89. The van der Waals surface area contributed by atoms with Gasteiger partial charge in [0, 0.05) is 7.05 Å². The van der Waals surface area contributed by atoms with Crippen LogP contribution in [0.4, 0.5) is 0 Å². The van der Waals surface area contributed by atoms with Crippen LogP contribution in [0.25, 0.3) is 0 Å². The van der Waals surface area contributed by atoms with Crippen molar-refractivity contribution in [2.75, 3.05) is 13.1 Å². The molecule has 5 heteroatoms. The molecule has 0 saturated carbocycles. The number of aryl methyl sites for hydroxylation is 1. The van der Waals surface area contributed by atoms with Crippen molar-refractivity contribution in [1.82, 2.24) is 19.9 Å². The number of nitrogens with zero attached hydrogens (tertiary/aromatic N) is 4. The van der Waals surface area contributed by atoms with Crippen molar-refractivity contribution in [1.29, 1.82) is 0 Å². The van der Waals surface area contributed by atoms with Crippen molar-refractivity contribution in [2.24, 2.45) is 7.05 Å². The molecule has 17 heavy (non-hydrogen) atoms. The number of hydrogen-bond acceptors (Lipinski definition) is 4. The van der Waals surface area contributed by atoms with Gasteiger partial charge in [0.25, 0.3) is 0 Å². The summed E-state index contributed by atoms with van der Waals surface area (Å²) >= 11 is 0. The van der Waals surface area contributed by atoms with E-state index in [4.69, 9.17) is 0 Å². The molecule has 1 fully saturated rings. The van der Waals surface area contributed by atoms with Gasteiger partial charge in [-0.3, -0.25) is 9.69 Å². The predicted molar refractivity (Wildman–Crippen MR) is 64.8 cm³/mol. The molecule has 1 atom stereocenters. The molecule has 0 spiro atoms. The quantitative estimate of drug-likeness (QED) is 0.739. The van der Waals surface area contributed by atoms with E-state index in [-0.39, 0.29) is 5.78 Å². The minimum Gasteiger partial charge on any atom is -0.291 e. The molecular weight excluding hydrogens is 216 g/mol. The van der Waals surface area contributed by atoms with E-state index in [9.17, 15) is 4.79 Å². The van der Waals surface area contributed by atoms with Gasteiger partial charge in [0.05, 0.1) is 11.7 Å². The fourth-order valence-electron chi connectivity index (χ4n) is 2.51. The number of carbonyl (C=O) groups is 1. The largest absolute Gasteiger partial charge is 0.291 e. The lowest BCUT2D eigenvalue weighted by Crippen LogP contribution is -2.51. The molecule has 0 aromatic carbocycles. The van der Waals surface area contributed by atoms with Gasteiger partial charge in [-0.1, -0.05) is 12.1 Å². The van der Waals surface area contributed by atoms with E-state index in [1.807, 2.05) is 6.92 Å². The third kappa shape index (κ3) is 1.99. The highest BCUT2D eigenvalue weighted by Crippen LogP contribution is 2.27. The molecule has 5 nitrogen and oxygen atoms in total. The van der Waals surface area contributed by atoms with E-state index in [1.165, 1.54) is 12.8 Å². The number of likely N-dealkylation sites (tertiary alicyclic amines) is 1. The Kier molecular flexibility index (Phi) is 3.28. The van der Waals surface area contributed by atoms with Crippen LogP contribution in [-0.4, -0.2) is 44.3 Å². The second-order valence-corrected chi connectivity index (χ2v) is 4.89. The summed E-state index contributed by atoms with van der Waals surface area (Å²) in [5, 5.41) is 7.63. The maximum absolute atomic E-state index is 12.6. The van der Waals surface area contributed by atoms with Crippen molar-refractivity contribution < 1.29 is 4.79 Å².